The van der Waals surface area contributed by atoms with Gasteiger partial charge in [-0.3, -0.25) is 4.90 Å². The Hall–Kier alpha value is -3.02. The monoisotopic (exact) mass is 419 g/mol. The second-order valence-electron chi connectivity index (χ2n) is 8.07. The molecule has 5 nitrogen and oxygen atoms in total. The van der Waals surface area contributed by atoms with Gasteiger partial charge in [0.05, 0.1) is 0 Å². The minimum absolute atomic E-state index is 0.244. The normalized spacial score (nSPS) is 13.4. The number of fused-ring (bicyclic) bond motifs is 1. The molecule has 31 heavy (non-hydrogen) atoms. The highest BCUT2D eigenvalue weighted by atomic mass is 16.7. The third kappa shape index (κ3) is 5.78. The van der Waals surface area contributed by atoms with Crippen molar-refractivity contribution in [2.75, 3.05) is 19.9 Å². The van der Waals surface area contributed by atoms with Crippen LogP contribution in [0.5, 0.6) is 17.2 Å². The van der Waals surface area contributed by atoms with Gasteiger partial charge < -0.3 is 19.3 Å². The molecule has 4 rings (SSSR count). The first-order valence-electron chi connectivity index (χ1n) is 10.6. The van der Waals surface area contributed by atoms with Crippen LogP contribution in [0.2, 0.25) is 0 Å². The van der Waals surface area contributed by atoms with Gasteiger partial charge in [-0.25, -0.2) is 0 Å². The van der Waals surface area contributed by atoms with Crippen molar-refractivity contribution in [2.24, 2.45) is 0 Å². The van der Waals surface area contributed by atoms with Gasteiger partial charge in [0.1, 0.15) is 18.5 Å². The van der Waals surface area contributed by atoms with Gasteiger partial charge in [-0.1, -0.05) is 48.0 Å². The maximum Gasteiger partial charge on any atom is 0.231 e. The lowest BCUT2D eigenvalue weighted by molar-refractivity contribution is 0.0627. The fourth-order valence-electron chi connectivity index (χ4n) is 3.75. The summed E-state index contributed by atoms with van der Waals surface area (Å²) in [6, 6.07) is 22.1. The Labute approximate surface area is 183 Å². The summed E-state index contributed by atoms with van der Waals surface area (Å²) in [6.45, 7) is 6.66. The second-order valence-corrected chi connectivity index (χ2v) is 8.07. The molecular formula is C26H29NO4. The molecule has 0 saturated heterocycles. The first kappa shape index (κ1) is 21.2. The van der Waals surface area contributed by atoms with Gasteiger partial charge in [-0.15, -0.1) is 0 Å². The Balaban J connectivity index is 1.46. The van der Waals surface area contributed by atoms with Gasteiger partial charge in [0.25, 0.3) is 0 Å². The molecule has 0 fully saturated rings. The average Bonchev–Trinajstić information content (AvgIpc) is 3.23. The van der Waals surface area contributed by atoms with E-state index in [9.17, 15) is 5.11 Å². The predicted octanol–water partition coefficient (Wildman–Crippen LogP) is 4.47. The number of aliphatic hydroxyl groups excluding tert-OH is 1. The van der Waals surface area contributed by atoms with Crippen molar-refractivity contribution in [2.45, 2.75) is 33.0 Å². The molecule has 1 N–H and O–H groups in total. The molecule has 0 saturated carbocycles. The summed E-state index contributed by atoms with van der Waals surface area (Å²) in [6.07, 6.45) is -0.612. The lowest BCUT2D eigenvalue weighted by Gasteiger charge is -2.26. The number of hydrogen-bond acceptors (Lipinski definition) is 5. The third-order valence-corrected chi connectivity index (χ3v) is 5.40. The van der Waals surface area contributed by atoms with Gasteiger partial charge >= 0.3 is 0 Å². The van der Waals surface area contributed by atoms with Gasteiger partial charge in [-0.05, 0) is 54.8 Å². The fraction of sp³-hybridized carbons (Fsp3) is 0.308. The van der Waals surface area contributed by atoms with Crippen LogP contribution in [0.3, 0.4) is 0 Å². The Morgan fingerprint density at radius 1 is 0.935 bits per heavy atom. The van der Waals surface area contributed by atoms with Crippen molar-refractivity contribution in [1.29, 1.82) is 0 Å². The number of ether oxygens (including phenoxy) is 3. The van der Waals surface area contributed by atoms with Crippen LogP contribution in [-0.4, -0.2) is 36.1 Å². The summed E-state index contributed by atoms with van der Waals surface area (Å²) in [5.74, 6) is 2.32. The predicted molar refractivity (Wildman–Crippen MR) is 121 cm³/mol. The topological polar surface area (TPSA) is 51.2 Å². The van der Waals surface area contributed by atoms with E-state index in [1.165, 1.54) is 16.7 Å². The van der Waals surface area contributed by atoms with Crippen molar-refractivity contribution in [1.82, 2.24) is 4.90 Å². The minimum atomic E-state index is -0.612. The molecule has 3 aromatic carbocycles. The van der Waals surface area contributed by atoms with Crippen LogP contribution < -0.4 is 14.2 Å². The quantitative estimate of drug-likeness (QED) is 0.554. The maximum absolute atomic E-state index is 10.7. The molecule has 0 bridgehead atoms. The summed E-state index contributed by atoms with van der Waals surface area (Å²) in [5.41, 5.74) is 4.86. The van der Waals surface area contributed by atoms with E-state index in [1.807, 2.05) is 42.5 Å². The number of aryl methyl sites for hydroxylation is 2. The Bertz CT molecular complexity index is 1010. The molecule has 1 aliphatic rings. The molecule has 0 aromatic heterocycles. The summed E-state index contributed by atoms with van der Waals surface area (Å²) >= 11 is 0. The van der Waals surface area contributed by atoms with E-state index in [4.69, 9.17) is 14.2 Å². The zero-order valence-corrected chi connectivity index (χ0v) is 18.1. The maximum atomic E-state index is 10.7. The second kappa shape index (κ2) is 9.86. The smallest absolute Gasteiger partial charge is 0.231 e. The van der Waals surface area contributed by atoms with Crippen LogP contribution >= 0.6 is 0 Å². The van der Waals surface area contributed by atoms with Gasteiger partial charge in [0, 0.05) is 19.6 Å². The van der Waals surface area contributed by atoms with Gasteiger partial charge in [-0.2, -0.15) is 0 Å². The highest BCUT2D eigenvalue weighted by molar-refractivity contribution is 5.44. The first-order valence-corrected chi connectivity index (χ1v) is 10.6. The molecule has 0 radical (unpaired) electrons. The number of rotatable bonds is 9. The van der Waals surface area contributed by atoms with Crippen LogP contribution in [0.1, 0.15) is 22.3 Å². The number of hydrogen-bond donors (Lipinski definition) is 1. The molecule has 0 spiro atoms. The van der Waals surface area contributed by atoms with Gasteiger partial charge in [0.15, 0.2) is 11.5 Å². The molecule has 1 heterocycles. The molecule has 1 aliphatic heterocycles. The highest BCUT2D eigenvalue weighted by Crippen LogP contribution is 2.33. The van der Waals surface area contributed by atoms with Crippen molar-refractivity contribution >= 4 is 0 Å². The van der Waals surface area contributed by atoms with E-state index in [1.54, 1.807) is 0 Å². The Morgan fingerprint density at radius 2 is 1.74 bits per heavy atom. The number of nitrogens with zero attached hydrogens (tertiary/aromatic N) is 1. The highest BCUT2D eigenvalue weighted by Gasteiger charge is 2.18. The van der Waals surface area contributed by atoms with Crippen LogP contribution in [0.4, 0.5) is 0 Å². The zero-order chi connectivity index (χ0) is 21.6. The largest absolute Gasteiger partial charge is 0.491 e. The zero-order valence-electron chi connectivity index (χ0n) is 18.1. The molecule has 5 heteroatoms. The molecular weight excluding hydrogens is 390 g/mol. The Morgan fingerprint density at radius 3 is 2.58 bits per heavy atom. The molecule has 3 aromatic rings. The van der Waals surface area contributed by atoms with E-state index >= 15 is 0 Å². The van der Waals surface area contributed by atoms with E-state index < -0.39 is 6.10 Å². The van der Waals surface area contributed by atoms with Gasteiger partial charge in [0.2, 0.25) is 6.79 Å². The molecule has 0 aliphatic carbocycles. The number of benzene rings is 3. The molecule has 162 valence electrons. The van der Waals surface area contributed by atoms with Crippen LogP contribution in [0.15, 0.2) is 66.7 Å². The van der Waals surface area contributed by atoms with Crippen molar-refractivity contribution in [3.8, 4) is 17.2 Å². The van der Waals surface area contributed by atoms with Crippen molar-refractivity contribution < 1.29 is 19.3 Å². The minimum Gasteiger partial charge on any atom is -0.491 e. The van der Waals surface area contributed by atoms with Crippen LogP contribution in [0, 0.1) is 13.8 Å². The van der Waals surface area contributed by atoms with Crippen molar-refractivity contribution in [3.63, 3.8) is 0 Å². The molecule has 1 atom stereocenters. The summed E-state index contributed by atoms with van der Waals surface area (Å²) in [7, 11) is 0. The number of aliphatic hydroxyl groups is 1. The molecule has 0 unspecified atom stereocenters. The van der Waals surface area contributed by atoms with Crippen LogP contribution in [0.25, 0.3) is 0 Å². The summed E-state index contributed by atoms with van der Waals surface area (Å²) in [4.78, 5) is 2.25. The summed E-state index contributed by atoms with van der Waals surface area (Å²) < 4.78 is 16.7. The molecule has 0 amide bonds. The van der Waals surface area contributed by atoms with E-state index in [0.717, 1.165) is 29.4 Å². The third-order valence-electron chi connectivity index (χ3n) is 5.40. The lowest BCUT2D eigenvalue weighted by atomic mass is 10.0. The standard InChI is InChI=1S/C26H29NO4/c1-19-8-9-20(2)22(12-19)15-27(14-21-10-11-25-26(13-21)31-18-30-25)16-23(28)17-29-24-6-4-3-5-7-24/h3-13,23,28H,14-18H2,1-2H3/t23-/m1/s1. The van der Waals surface area contributed by atoms with E-state index in [0.29, 0.717) is 13.1 Å². The number of para-hydroxylation sites is 1. The average molecular weight is 420 g/mol. The van der Waals surface area contributed by atoms with E-state index in [-0.39, 0.29) is 13.4 Å². The fourth-order valence-corrected chi connectivity index (χ4v) is 3.75. The first-order chi connectivity index (χ1) is 15.1. The SMILES string of the molecule is Cc1ccc(C)c(CN(Cc2ccc3c(c2)OCO3)C[C@@H](O)COc2ccccc2)c1. The van der Waals surface area contributed by atoms with Crippen LogP contribution in [-0.2, 0) is 13.1 Å². The summed E-state index contributed by atoms with van der Waals surface area (Å²) in [5, 5.41) is 10.7. The Kier molecular flexibility index (Phi) is 6.75. The van der Waals surface area contributed by atoms with E-state index in [2.05, 4.69) is 43.0 Å². The van der Waals surface area contributed by atoms with Crippen molar-refractivity contribution in [3.05, 3.63) is 89.0 Å². The lowest BCUT2D eigenvalue weighted by Crippen LogP contribution is -2.35.